The summed E-state index contributed by atoms with van der Waals surface area (Å²) in [5.41, 5.74) is 6.03. The Morgan fingerprint density at radius 1 is 0.793 bits per heavy atom. The van der Waals surface area contributed by atoms with Gasteiger partial charge in [-0.25, -0.2) is 0 Å². The van der Waals surface area contributed by atoms with Gasteiger partial charge in [0.2, 0.25) is 0 Å². The van der Waals surface area contributed by atoms with Crippen molar-refractivity contribution < 1.29 is 0 Å². The van der Waals surface area contributed by atoms with E-state index in [0.717, 1.165) is 24.0 Å². The Morgan fingerprint density at radius 3 is 1.79 bits per heavy atom. The highest BCUT2D eigenvalue weighted by molar-refractivity contribution is 7.20. The molecule has 0 aromatic carbocycles. The largest absolute Gasteiger partial charge is 0.152 e. The van der Waals surface area contributed by atoms with Gasteiger partial charge in [-0.1, -0.05) is 89.7 Å². The molecular formula is C26H38B2S. The molecule has 0 saturated carbocycles. The van der Waals surface area contributed by atoms with Crippen molar-refractivity contribution in [1.29, 1.82) is 0 Å². The maximum Gasteiger partial charge on any atom is 0.128 e. The molecule has 4 radical (unpaired) electrons. The van der Waals surface area contributed by atoms with Crippen molar-refractivity contribution in [1.82, 2.24) is 0 Å². The zero-order chi connectivity index (χ0) is 21.8. The lowest BCUT2D eigenvalue weighted by Gasteiger charge is -2.23. The first-order chi connectivity index (χ1) is 14.0. The topological polar surface area (TPSA) is 0 Å². The molecule has 3 rings (SSSR count). The van der Waals surface area contributed by atoms with Crippen molar-refractivity contribution in [3.63, 3.8) is 0 Å². The molecule has 0 fully saturated rings. The molecular weight excluding hydrogens is 366 g/mol. The molecule has 0 spiro atoms. The standard InChI is InChI=1S/C22H26B2S.2C2H6/c1-15(3-4-16(2)23)17-5-7-18(8-6-17)19-9-11-20(12-10-19)21-13-14-22(24)25-21;2*1-2/h5,7,9,11,13-16H,3-4,6,8,10,12H2,1-2H3;2*1-2H3. The maximum absolute atomic E-state index is 5.89. The molecule has 0 N–H and O–H groups in total. The molecule has 2 aliphatic carbocycles. The van der Waals surface area contributed by atoms with Crippen LogP contribution in [-0.2, 0) is 0 Å². The van der Waals surface area contributed by atoms with E-state index in [1.807, 2.05) is 33.8 Å². The van der Waals surface area contributed by atoms with Gasteiger partial charge in [0.25, 0.3) is 0 Å². The van der Waals surface area contributed by atoms with Crippen LogP contribution in [0.25, 0.3) is 5.57 Å². The molecule has 2 unspecified atom stereocenters. The van der Waals surface area contributed by atoms with Crippen LogP contribution in [0.3, 0.4) is 0 Å². The fraction of sp³-hybridized carbons (Fsp3) is 0.538. The minimum Gasteiger partial charge on any atom is -0.152 e. The highest BCUT2D eigenvalue weighted by Crippen LogP contribution is 2.36. The third-order valence-corrected chi connectivity index (χ3v) is 6.36. The Bertz CT molecular complexity index is 732. The smallest absolute Gasteiger partial charge is 0.128 e. The van der Waals surface area contributed by atoms with E-state index in [1.165, 1.54) is 40.9 Å². The predicted molar refractivity (Wildman–Crippen MR) is 137 cm³/mol. The van der Waals surface area contributed by atoms with Gasteiger partial charge < -0.3 is 0 Å². The summed E-state index contributed by atoms with van der Waals surface area (Å²) < 4.78 is 0.900. The van der Waals surface area contributed by atoms with Crippen molar-refractivity contribution in [3.05, 3.63) is 58.0 Å². The van der Waals surface area contributed by atoms with E-state index in [1.54, 1.807) is 16.9 Å². The Balaban J connectivity index is 0.000000989. The molecule has 1 aromatic heterocycles. The summed E-state index contributed by atoms with van der Waals surface area (Å²) in [5.74, 6) is 0.963. The van der Waals surface area contributed by atoms with Gasteiger partial charge in [-0.05, 0) is 65.6 Å². The molecule has 1 aromatic rings. The lowest BCUT2D eigenvalue weighted by atomic mass is 9.79. The summed E-state index contributed by atoms with van der Waals surface area (Å²) in [7, 11) is 11.8. The molecule has 0 saturated heterocycles. The van der Waals surface area contributed by atoms with Gasteiger partial charge >= 0.3 is 0 Å². The SMILES string of the molecule is CC.CC.[B]c1ccc(C2=CC=C(C3=CC=C(C(C)CCC([B])C)CC3)CC2)s1. The van der Waals surface area contributed by atoms with Crippen LogP contribution in [0.4, 0.5) is 0 Å². The van der Waals surface area contributed by atoms with Gasteiger partial charge in [-0.15, -0.1) is 0 Å². The summed E-state index contributed by atoms with van der Waals surface area (Å²) in [5, 5.41) is 0. The average Bonchev–Trinajstić information content (AvgIpc) is 3.21. The van der Waals surface area contributed by atoms with Crippen LogP contribution in [0.2, 0.25) is 5.82 Å². The van der Waals surface area contributed by atoms with Crippen molar-refractivity contribution in [3.8, 4) is 0 Å². The maximum atomic E-state index is 5.89. The van der Waals surface area contributed by atoms with Crippen molar-refractivity contribution in [2.45, 2.75) is 85.9 Å². The van der Waals surface area contributed by atoms with Crippen molar-refractivity contribution in [2.24, 2.45) is 5.92 Å². The van der Waals surface area contributed by atoms with E-state index in [0.29, 0.717) is 11.7 Å². The second-order valence-electron chi connectivity index (χ2n) is 7.47. The number of hydrogen-bond acceptors (Lipinski definition) is 1. The zero-order valence-corrected chi connectivity index (χ0v) is 20.2. The van der Waals surface area contributed by atoms with Gasteiger partial charge in [-0.2, -0.15) is 11.3 Å². The third kappa shape index (κ3) is 8.21. The van der Waals surface area contributed by atoms with E-state index < -0.39 is 0 Å². The lowest BCUT2D eigenvalue weighted by Crippen LogP contribution is -2.06. The number of thiophene rings is 1. The molecule has 3 heteroatoms. The third-order valence-electron chi connectivity index (χ3n) is 5.37. The quantitative estimate of drug-likeness (QED) is 0.426. The Labute approximate surface area is 187 Å². The second kappa shape index (κ2) is 13.9. The Kier molecular flexibility index (Phi) is 12.4. The van der Waals surface area contributed by atoms with Gasteiger partial charge in [0.15, 0.2) is 0 Å². The highest BCUT2D eigenvalue weighted by Gasteiger charge is 2.17. The van der Waals surface area contributed by atoms with Crippen LogP contribution < -0.4 is 4.78 Å². The van der Waals surface area contributed by atoms with Gasteiger partial charge in [0.05, 0.1) is 7.85 Å². The van der Waals surface area contributed by atoms with Crippen LogP contribution in [0.5, 0.6) is 0 Å². The molecule has 0 nitrogen and oxygen atoms in total. The van der Waals surface area contributed by atoms with Crippen LogP contribution in [-0.4, -0.2) is 15.7 Å². The van der Waals surface area contributed by atoms with E-state index in [9.17, 15) is 0 Å². The molecule has 2 aliphatic rings. The summed E-state index contributed by atoms with van der Waals surface area (Å²) in [4.78, 5) is 1.32. The number of hydrogen-bond donors (Lipinski definition) is 0. The van der Waals surface area contributed by atoms with Crippen molar-refractivity contribution >= 4 is 37.4 Å². The first-order valence-electron chi connectivity index (χ1n) is 11.4. The van der Waals surface area contributed by atoms with E-state index in [-0.39, 0.29) is 0 Å². The molecule has 29 heavy (non-hydrogen) atoms. The van der Waals surface area contributed by atoms with Gasteiger partial charge in [-0.3, -0.25) is 0 Å². The van der Waals surface area contributed by atoms with E-state index in [4.69, 9.17) is 15.7 Å². The highest BCUT2D eigenvalue weighted by atomic mass is 32.1. The summed E-state index contributed by atoms with van der Waals surface area (Å²) in [6.45, 7) is 12.4. The molecule has 2 atom stereocenters. The summed E-state index contributed by atoms with van der Waals surface area (Å²) in [6, 6.07) is 4.14. The Hall–Kier alpha value is -1.21. The average molecular weight is 404 g/mol. The monoisotopic (exact) mass is 404 g/mol. The first-order valence-corrected chi connectivity index (χ1v) is 12.3. The minimum absolute atomic E-state index is 0.310. The van der Waals surface area contributed by atoms with Gasteiger partial charge in [0.1, 0.15) is 7.85 Å². The first kappa shape index (κ1) is 25.8. The minimum atomic E-state index is 0.310. The predicted octanol–water partition coefficient (Wildman–Crippen LogP) is 7.74. The fourth-order valence-electron chi connectivity index (χ4n) is 3.67. The molecule has 154 valence electrons. The van der Waals surface area contributed by atoms with Crippen LogP contribution in [0, 0.1) is 5.92 Å². The normalized spacial score (nSPS) is 17.9. The fourth-order valence-corrected chi connectivity index (χ4v) is 4.49. The number of rotatable bonds is 6. The summed E-state index contributed by atoms with van der Waals surface area (Å²) in [6.07, 6.45) is 16.3. The number of allylic oxidation sites excluding steroid dienone is 8. The Morgan fingerprint density at radius 2 is 1.34 bits per heavy atom. The van der Waals surface area contributed by atoms with Gasteiger partial charge in [0, 0.05) is 4.88 Å². The lowest BCUT2D eigenvalue weighted by molar-refractivity contribution is 0.551. The van der Waals surface area contributed by atoms with E-state index in [2.05, 4.69) is 44.2 Å². The second-order valence-corrected chi connectivity index (χ2v) is 8.59. The van der Waals surface area contributed by atoms with Crippen LogP contribution in [0.1, 0.15) is 84.9 Å². The molecule has 1 heterocycles. The van der Waals surface area contributed by atoms with Crippen LogP contribution in [0.15, 0.2) is 53.2 Å². The zero-order valence-electron chi connectivity index (χ0n) is 19.4. The molecule has 0 amide bonds. The van der Waals surface area contributed by atoms with Crippen LogP contribution >= 0.6 is 11.3 Å². The van der Waals surface area contributed by atoms with Crippen molar-refractivity contribution in [2.75, 3.05) is 0 Å². The molecule has 0 aliphatic heterocycles. The summed E-state index contributed by atoms with van der Waals surface area (Å²) >= 11 is 1.69. The van der Waals surface area contributed by atoms with E-state index >= 15 is 0 Å². The molecule has 0 bridgehead atoms.